The van der Waals surface area contributed by atoms with E-state index in [0.717, 1.165) is 40.6 Å². The lowest BCUT2D eigenvalue weighted by molar-refractivity contribution is 0.0531. The van der Waals surface area contributed by atoms with E-state index in [1.165, 1.54) is 24.2 Å². The summed E-state index contributed by atoms with van der Waals surface area (Å²) in [5.41, 5.74) is 0.938. The highest BCUT2D eigenvalue weighted by atomic mass is 32.1. The van der Waals surface area contributed by atoms with Gasteiger partial charge in [0.15, 0.2) is 0 Å². The van der Waals surface area contributed by atoms with Gasteiger partial charge >= 0.3 is 5.97 Å². The Kier molecular flexibility index (Phi) is 4.29. The molecule has 0 saturated carbocycles. The zero-order valence-corrected chi connectivity index (χ0v) is 14.1. The van der Waals surface area contributed by atoms with Crippen LogP contribution in [0.25, 0.3) is 10.2 Å². The van der Waals surface area contributed by atoms with Gasteiger partial charge < -0.3 is 9.64 Å². The van der Waals surface area contributed by atoms with Crippen LogP contribution in [0.2, 0.25) is 0 Å². The van der Waals surface area contributed by atoms with Crippen molar-refractivity contribution in [2.45, 2.75) is 33.6 Å². The molecule has 3 heterocycles. The molecule has 0 atom stereocenters. The van der Waals surface area contributed by atoms with Crippen molar-refractivity contribution in [1.82, 2.24) is 9.97 Å². The number of anilines is 1. The van der Waals surface area contributed by atoms with Crippen LogP contribution in [-0.4, -0.2) is 35.6 Å². The van der Waals surface area contributed by atoms with Crippen LogP contribution >= 0.6 is 11.3 Å². The summed E-state index contributed by atoms with van der Waals surface area (Å²) in [6, 6.07) is 0. The standard InChI is InChI=1S/C16H21N3O2S/c1-4-21-16(20)13-11(3)12-14(17-9-18-15(12)22-13)19-7-5-10(2)6-8-19/h9-10H,4-8H2,1-3H3. The van der Waals surface area contributed by atoms with E-state index in [2.05, 4.69) is 21.8 Å². The molecule has 22 heavy (non-hydrogen) atoms. The first-order valence-electron chi connectivity index (χ1n) is 7.78. The van der Waals surface area contributed by atoms with E-state index in [4.69, 9.17) is 4.74 Å². The van der Waals surface area contributed by atoms with Crippen molar-refractivity contribution in [3.05, 3.63) is 16.8 Å². The van der Waals surface area contributed by atoms with Gasteiger partial charge in [0.25, 0.3) is 0 Å². The van der Waals surface area contributed by atoms with Crippen LogP contribution in [0.15, 0.2) is 6.33 Å². The number of carbonyl (C=O) groups excluding carboxylic acids is 1. The molecule has 3 rings (SSSR count). The van der Waals surface area contributed by atoms with Gasteiger partial charge in [0.1, 0.15) is 21.9 Å². The monoisotopic (exact) mass is 319 g/mol. The zero-order valence-electron chi connectivity index (χ0n) is 13.3. The Labute approximate surface area is 134 Å². The first-order chi connectivity index (χ1) is 10.6. The molecule has 1 aliphatic heterocycles. The second kappa shape index (κ2) is 6.20. The Bertz CT molecular complexity index is 690. The molecule has 118 valence electrons. The van der Waals surface area contributed by atoms with Gasteiger partial charge in [-0.1, -0.05) is 6.92 Å². The van der Waals surface area contributed by atoms with Crippen LogP contribution in [-0.2, 0) is 4.74 Å². The number of carbonyl (C=O) groups is 1. The molecule has 0 aliphatic carbocycles. The number of piperidine rings is 1. The number of hydrogen-bond donors (Lipinski definition) is 0. The van der Waals surface area contributed by atoms with Gasteiger partial charge in [0.2, 0.25) is 0 Å². The predicted octanol–water partition coefficient (Wildman–Crippen LogP) is 3.41. The normalized spacial score (nSPS) is 16.2. The SMILES string of the molecule is CCOC(=O)c1sc2ncnc(N3CCC(C)CC3)c2c1C. The Morgan fingerprint density at radius 2 is 2.14 bits per heavy atom. The van der Waals surface area contributed by atoms with Crippen molar-refractivity contribution in [2.24, 2.45) is 5.92 Å². The molecule has 1 saturated heterocycles. The van der Waals surface area contributed by atoms with Crippen LogP contribution in [0.3, 0.4) is 0 Å². The lowest BCUT2D eigenvalue weighted by atomic mass is 9.99. The summed E-state index contributed by atoms with van der Waals surface area (Å²) in [6.07, 6.45) is 3.96. The van der Waals surface area contributed by atoms with E-state index in [-0.39, 0.29) is 5.97 Å². The van der Waals surface area contributed by atoms with E-state index in [1.807, 2.05) is 13.8 Å². The van der Waals surface area contributed by atoms with Crippen LogP contribution in [0, 0.1) is 12.8 Å². The maximum absolute atomic E-state index is 12.1. The zero-order chi connectivity index (χ0) is 15.7. The molecule has 0 amide bonds. The summed E-state index contributed by atoms with van der Waals surface area (Å²) in [5.74, 6) is 1.47. The van der Waals surface area contributed by atoms with Crippen molar-refractivity contribution in [3.63, 3.8) is 0 Å². The summed E-state index contributed by atoms with van der Waals surface area (Å²) in [6.45, 7) is 8.48. The van der Waals surface area contributed by atoms with Crippen molar-refractivity contribution >= 4 is 33.3 Å². The maximum atomic E-state index is 12.1. The van der Waals surface area contributed by atoms with Gasteiger partial charge in [0, 0.05) is 13.1 Å². The molecular weight excluding hydrogens is 298 g/mol. The molecule has 2 aromatic heterocycles. The molecular formula is C16H21N3O2S. The average Bonchev–Trinajstić information content (AvgIpc) is 2.86. The molecule has 5 nitrogen and oxygen atoms in total. The first-order valence-corrected chi connectivity index (χ1v) is 8.59. The number of ether oxygens (including phenoxy) is 1. The number of aromatic nitrogens is 2. The van der Waals surface area contributed by atoms with E-state index in [1.54, 1.807) is 6.33 Å². The van der Waals surface area contributed by atoms with Gasteiger partial charge in [0.05, 0.1) is 12.0 Å². The van der Waals surface area contributed by atoms with Gasteiger partial charge in [-0.15, -0.1) is 11.3 Å². The molecule has 6 heteroatoms. The van der Waals surface area contributed by atoms with Gasteiger partial charge in [-0.25, -0.2) is 14.8 Å². The fourth-order valence-electron chi connectivity index (χ4n) is 2.90. The fourth-order valence-corrected chi connectivity index (χ4v) is 3.94. The molecule has 0 N–H and O–H groups in total. The number of rotatable bonds is 3. The third-order valence-electron chi connectivity index (χ3n) is 4.25. The predicted molar refractivity (Wildman–Crippen MR) is 88.7 cm³/mol. The van der Waals surface area contributed by atoms with Crippen LogP contribution in [0.1, 0.15) is 41.9 Å². The Morgan fingerprint density at radius 1 is 1.41 bits per heavy atom. The summed E-state index contributed by atoms with van der Waals surface area (Å²) in [5, 5.41) is 1.00. The highest BCUT2D eigenvalue weighted by Crippen LogP contribution is 2.36. The van der Waals surface area contributed by atoms with Gasteiger partial charge in [-0.2, -0.15) is 0 Å². The van der Waals surface area contributed by atoms with Crippen molar-refractivity contribution < 1.29 is 9.53 Å². The molecule has 1 aliphatic rings. The minimum Gasteiger partial charge on any atom is -0.462 e. The van der Waals surface area contributed by atoms with E-state index < -0.39 is 0 Å². The van der Waals surface area contributed by atoms with E-state index in [0.29, 0.717) is 11.5 Å². The molecule has 0 radical (unpaired) electrons. The number of esters is 1. The third kappa shape index (κ3) is 2.67. The quantitative estimate of drug-likeness (QED) is 0.812. The molecule has 0 aromatic carbocycles. The number of hydrogen-bond acceptors (Lipinski definition) is 6. The van der Waals surface area contributed by atoms with Crippen LogP contribution in [0.4, 0.5) is 5.82 Å². The van der Waals surface area contributed by atoms with Crippen molar-refractivity contribution in [1.29, 1.82) is 0 Å². The number of fused-ring (bicyclic) bond motifs is 1. The molecule has 0 spiro atoms. The second-order valence-electron chi connectivity index (χ2n) is 5.82. The summed E-state index contributed by atoms with van der Waals surface area (Å²) < 4.78 is 5.15. The topological polar surface area (TPSA) is 55.3 Å². The molecule has 0 bridgehead atoms. The van der Waals surface area contributed by atoms with E-state index >= 15 is 0 Å². The first kappa shape index (κ1) is 15.2. The van der Waals surface area contributed by atoms with E-state index in [9.17, 15) is 4.79 Å². The van der Waals surface area contributed by atoms with Gasteiger partial charge in [-0.3, -0.25) is 0 Å². The Balaban J connectivity index is 2.03. The summed E-state index contributed by atoms with van der Waals surface area (Å²) in [4.78, 5) is 24.8. The third-order valence-corrected chi connectivity index (χ3v) is 5.43. The Morgan fingerprint density at radius 3 is 2.82 bits per heavy atom. The highest BCUT2D eigenvalue weighted by Gasteiger charge is 2.24. The second-order valence-corrected chi connectivity index (χ2v) is 6.82. The lowest BCUT2D eigenvalue weighted by Gasteiger charge is -2.31. The molecule has 0 unspecified atom stereocenters. The summed E-state index contributed by atoms with van der Waals surface area (Å²) in [7, 11) is 0. The maximum Gasteiger partial charge on any atom is 0.348 e. The average molecular weight is 319 g/mol. The summed E-state index contributed by atoms with van der Waals surface area (Å²) >= 11 is 1.40. The number of aryl methyl sites for hydroxylation is 1. The van der Waals surface area contributed by atoms with Crippen LogP contribution < -0.4 is 4.90 Å². The largest absolute Gasteiger partial charge is 0.462 e. The number of thiophene rings is 1. The number of nitrogens with zero attached hydrogens (tertiary/aromatic N) is 3. The minimum atomic E-state index is -0.263. The smallest absolute Gasteiger partial charge is 0.348 e. The fraction of sp³-hybridized carbons (Fsp3) is 0.562. The van der Waals surface area contributed by atoms with Gasteiger partial charge in [-0.05, 0) is 38.2 Å². The Hall–Kier alpha value is -1.69. The van der Waals surface area contributed by atoms with Crippen molar-refractivity contribution in [2.75, 3.05) is 24.6 Å². The minimum absolute atomic E-state index is 0.263. The lowest BCUT2D eigenvalue weighted by Crippen LogP contribution is -2.33. The highest BCUT2D eigenvalue weighted by molar-refractivity contribution is 7.20. The molecule has 2 aromatic rings. The van der Waals surface area contributed by atoms with Crippen molar-refractivity contribution in [3.8, 4) is 0 Å². The van der Waals surface area contributed by atoms with Crippen LogP contribution in [0.5, 0.6) is 0 Å². The molecule has 1 fully saturated rings.